The molecule has 0 aliphatic rings. The van der Waals surface area contributed by atoms with E-state index in [0.717, 1.165) is 6.20 Å². The van der Waals surface area contributed by atoms with E-state index >= 15 is 0 Å². The molecule has 1 heterocycles. The molecule has 2 aromatic rings. The maximum atomic E-state index is 13.0. The van der Waals surface area contributed by atoms with Crippen molar-refractivity contribution >= 4 is 10.8 Å². The van der Waals surface area contributed by atoms with Crippen molar-refractivity contribution in [2.75, 3.05) is 0 Å². The van der Waals surface area contributed by atoms with Crippen molar-refractivity contribution in [3.05, 3.63) is 41.7 Å². The van der Waals surface area contributed by atoms with Crippen molar-refractivity contribution in [1.29, 1.82) is 0 Å². The number of halogens is 3. The van der Waals surface area contributed by atoms with Crippen molar-refractivity contribution in [1.82, 2.24) is 4.98 Å². The monoisotopic (exact) mass is 253 g/mol. The van der Waals surface area contributed by atoms with Crippen LogP contribution in [-0.2, 0) is 11.6 Å². The van der Waals surface area contributed by atoms with Crippen LogP contribution in [0.25, 0.3) is 10.8 Å². The zero-order valence-electron chi connectivity index (χ0n) is 10.5. The van der Waals surface area contributed by atoms with E-state index < -0.39 is 11.7 Å². The molecule has 0 unspecified atom stereocenters. The molecule has 96 valence electrons. The van der Waals surface area contributed by atoms with Gasteiger partial charge in [-0.1, -0.05) is 39.0 Å². The highest BCUT2D eigenvalue weighted by Crippen LogP contribution is 2.39. The fraction of sp³-hybridized carbons (Fsp3) is 0.357. The minimum absolute atomic E-state index is 0.257. The molecule has 0 bridgehead atoms. The third-order valence-corrected chi connectivity index (χ3v) is 2.90. The normalized spacial score (nSPS) is 13.0. The summed E-state index contributed by atoms with van der Waals surface area (Å²) < 4.78 is 39.1. The van der Waals surface area contributed by atoms with Crippen LogP contribution in [0.5, 0.6) is 0 Å². The van der Waals surface area contributed by atoms with E-state index in [2.05, 4.69) is 4.98 Å². The van der Waals surface area contributed by atoms with Crippen LogP contribution in [-0.4, -0.2) is 4.98 Å². The van der Waals surface area contributed by atoms with Gasteiger partial charge in [0.15, 0.2) is 0 Å². The van der Waals surface area contributed by atoms with Gasteiger partial charge in [0.2, 0.25) is 0 Å². The maximum Gasteiger partial charge on any atom is 0.418 e. The van der Waals surface area contributed by atoms with Crippen LogP contribution in [0.3, 0.4) is 0 Å². The molecule has 1 aromatic carbocycles. The van der Waals surface area contributed by atoms with E-state index in [1.54, 1.807) is 18.2 Å². The smallest absolute Gasteiger partial charge is 0.263 e. The fourth-order valence-corrected chi connectivity index (χ4v) is 2.07. The lowest BCUT2D eigenvalue weighted by molar-refractivity contribution is -0.136. The number of hydrogen-bond donors (Lipinski definition) is 0. The molecule has 0 aliphatic heterocycles. The second-order valence-electron chi connectivity index (χ2n) is 5.34. The minimum Gasteiger partial charge on any atom is -0.263 e. The molecule has 0 atom stereocenters. The molecule has 0 amide bonds. The summed E-state index contributed by atoms with van der Waals surface area (Å²) in [5, 5.41) is 0.782. The highest BCUT2D eigenvalue weighted by molar-refractivity contribution is 5.89. The first-order valence-electron chi connectivity index (χ1n) is 5.65. The molecule has 0 N–H and O–H groups in total. The van der Waals surface area contributed by atoms with Crippen LogP contribution < -0.4 is 0 Å². The van der Waals surface area contributed by atoms with E-state index in [1.165, 1.54) is 6.20 Å². The number of hydrogen-bond acceptors (Lipinski definition) is 1. The molecule has 18 heavy (non-hydrogen) atoms. The number of nitrogens with zero attached hydrogens (tertiary/aromatic N) is 1. The number of alkyl halides is 3. The lowest BCUT2D eigenvalue weighted by atomic mass is 9.83. The third kappa shape index (κ3) is 2.19. The van der Waals surface area contributed by atoms with E-state index in [9.17, 15) is 13.2 Å². The van der Waals surface area contributed by atoms with Gasteiger partial charge >= 0.3 is 6.18 Å². The topological polar surface area (TPSA) is 12.9 Å². The second kappa shape index (κ2) is 3.97. The Balaban J connectivity index is 2.90. The average Bonchev–Trinajstić information content (AvgIpc) is 2.24. The van der Waals surface area contributed by atoms with Gasteiger partial charge in [-0.3, -0.25) is 4.98 Å². The zero-order valence-corrected chi connectivity index (χ0v) is 10.5. The van der Waals surface area contributed by atoms with Gasteiger partial charge in [0.25, 0.3) is 0 Å². The zero-order chi connectivity index (χ0) is 13.6. The summed E-state index contributed by atoms with van der Waals surface area (Å²) in [5.74, 6) is 0. The van der Waals surface area contributed by atoms with Gasteiger partial charge in [0.05, 0.1) is 5.56 Å². The maximum absolute atomic E-state index is 13.0. The summed E-state index contributed by atoms with van der Waals surface area (Å²) in [5.41, 5.74) is -0.318. The third-order valence-electron chi connectivity index (χ3n) is 2.90. The summed E-state index contributed by atoms with van der Waals surface area (Å²) in [6.07, 6.45) is -2.01. The molecule has 0 fully saturated rings. The van der Waals surface area contributed by atoms with Gasteiger partial charge in [0, 0.05) is 23.2 Å². The molecule has 0 radical (unpaired) electrons. The van der Waals surface area contributed by atoms with Crippen LogP contribution in [0.2, 0.25) is 0 Å². The molecule has 4 heteroatoms. The van der Waals surface area contributed by atoms with Crippen molar-refractivity contribution in [2.45, 2.75) is 32.4 Å². The summed E-state index contributed by atoms with van der Waals surface area (Å²) in [7, 11) is 0. The Kier molecular flexibility index (Phi) is 2.84. The molecule has 0 spiro atoms. The quantitative estimate of drug-likeness (QED) is 0.671. The molecule has 1 nitrogen and oxygen atoms in total. The van der Waals surface area contributed by atoms with E-state index in [-0.39, 0.29) is 10.8 Å². The standard InChI is InChI=1S/C14H14F3N/c1-13(2,3)10-6-4-5-9-7-18-8-11(12(9)10)14(15,16)17/h4-8H,1-3H3. The Morgan fingerprint density at radius 2 is 1.61 bits per heavy atom. The highest BCUT2D eigenvalue weighted by Gasteiger charge is 2.34. The summed E-state index contributed by atoms with van der Waals surface area (Å²) in [6, 6.07) is 5.18. The summed E-state index contributed by atoms with van der Waals surface area (Å²) in [6.45, 7) is 5.72. The number of benzene rings is 1. The molecule has 0 saturated heterocycles. The SMILES string of the molecule is CC(C)(C)c1cccc2cncc(C(F)(F)F)c12. The Bertz CT molecular complexity index is 531. The van der Waals surface area contributed by atoms with Gasteiger partial charge in [-0.25, -0.2) is 0 Å². The largest absolute Gasteiger partial charge is 0.418 e. The number of fused-ring (bicyclic) bond motifs is 1. The van der Waals surface area contributed by atoms with Crippen LogP contribution in [0.1, 0.15) is 31.9 Å². The van der Waals surface area contributed by atoms with Gasteiger partial charge in [-0.05, 0) is 11.0 Å². The van der Waals surface area contributed by atoms with E-state index in [1.807, 2.05) is 20.8 Å². The van der Waals surface area contributed by atoms with Crippen molar-refractivity contribution < 1.29 is 13.2 Å². The molecular weight excluding hydrogens is 239 g/mol. The first kappa shape index (κ1) is 12.9. The van der Waals surface area contributed by atoms with Crippen LogP contribution >= 0.6 is 0 Å². The average molecular weight is 253 g/mol. The Morgan fingerprint density at radius 1 is 0.944 bits per heavy atom. The molecule has 0 aliphatic carbocycles. The van der Waals surface area contributed by atoms with Crippen molar-refractivity contribution in [3.63, 3.8) is 0 Å². The Labute approximate surface area is 104 Å². The summed E-state index contributed by atoms with van der Waals surface area (Å²) in [4.78, 5) is 3.68. The predicted octanol–water partition coefficient (Wildman–Crippen LogP) is 4.55. The highest BCUT2D eigenvalue weighted by atomic mass is 19.4. The van der Waals surface area contributed by atoms with Gasteiger partial charge in [-0.15, -0.1) is 0 Å². The lowest BCUT2D eigenvalue weighted by Gasteiger charge is -2.23. The number of pyridine rings is 1. The predicted molar refractivity (Wildman–Crippen MR) is 65.4 cm³/mol. The van der Waals surface area contributed by atoms with Gasteiger partial charge in [0.1, 0.15) is 0 Å². The van der Waals surface area contributed by atoms with Crippen LogP contribution in [0.15, 0.2) is 30.6 Å². The van der Waals surface area contributed by atoms with Crippen LogP contribution in [0, 0.1) is 0 Å². The van der Waals surface area contributed by atoms with E-state index in [4.69, 9.17) is 0 Å². The van der Waals surface area contributed by atoms with Gasteiger partial charge < -0.3 is 0 Å². The van der Waals surface area contributed by atoms with Crippen molar-refractivity contribution in [3.8, 4) is 0 Å². The Hall–Kier alpha value is -1.58. The second-order valence-corrected chi connectivity index (χ2v) is 5.34. The minimum atomic E-state index is -4.38. The Morgan fingerprint density at radius 3 is 2.17 bits per heavy atom. The molecule has 2 rings (SSSR count). The first-order chi connectivity index (χ1) is 8.21. The fourth-order valence-electron chi connectivity index (χ4n) is 2.07. The van der Waals surface area contributed by atoms with Crippen LogP contribution in [0.4, 0.5) is 13.2 Å². The van der Waals surface area contributed by atoms with Crippen molar-refractivity contribution in [2.24, 2.45) is 0 Å². The lowest BCUT2D eigenvalue weighted by Crippen LogP contribution is -2.15. The van der Waals surface area contributed by atoms with Gasteiger partial charge in [-0.2, -0.15) is 13.2 Å². The number of aromatic nitrogens is 1. The summed E-state index contributed by atoms with van der Waals surface area (Å²) >= 11 is 0. The molecule has 1 aromatic heterocycles. The van der Waals surface area contributed by atoms with E-state index in [0.29, 0.717) is 10.9 Å². The molecular formula is C14H14F3N. The first-order valence-corrected chi connectivity index (χ1v) is 5.65. The number of rotatable bonds is 0. The molecule has 0 saturated carbocycles.